The number of ether oxygens (including phenoxy) is 2. The summed E-state index contributed by atoms with van der Waals surface area (Å²) in [4.78, 5) is 22.4. The van der Waals surface area contributed by atoms with Gasteiger partial charge in [-0.25, -0.2) is 0 Å². The Hall–Kier alpha value is -4.02. The van der Waals surface area contributed by atoms with Crippen molar-refractivity contribution >= 4 is 11.8 Å². The molecule has 1 aromatic heterocycles. The highest BCUT2D eigenvalue weighted by atomic mass is 19.4. The van der Waals surface area contributed by atoms with E-state index in [0.29, 0.717) is 5.75 Å². The number of rotatable bonds is 8. The zero-order chi connectivity index (χ0) is 24.2. The first-order chi connectivity index (χ1) is 15.4. The van der Waals surface area contributed by atoms with Gasteiger partial charge < -0.3 is 19.2 Å². The summed E-state index contributed by atoms with van der Waals surface area (Å²) in [7, 11) is 0. The average molecular weight is 464 g/mol. The topological polar surface area (TPSA) is 104 Å². The van der Waals surface area contributed by atoms with Crippen LogP contribution in [0.15, 0.2) is 65.1 Å². The van der Waals surface area contributed by atoms with Gasteiger partial charge in [0.25, 0.3) is 5.91 Å². The molecule has 1 amide bonds. The summed E-state index contributed by atoms with van der Waals surface area (Å²) in [6, 6.07) is 14.5. The molecular weight excluding hydrogens is 445 g/mol. The molecule has 1 heterocycles. The molecule has 0 bridgehead atoms. The van der Waals surface area contributed by atoms with Gasteiger partial charge in [0.15, 0.2) is 5.76 Å². The van der Waals surface area contributed by atoms with E-state index in [1.165, 1.54) is 18.2 Å². The van der Waals surface area contributed by atoms with E-state index < -0.39 is 28.6 Å². The summed E-state index contributed by atoms with van der Waals surface area (Å²) in [5.74, 6) is -1.27. The molecule has 0 aliphatic rings. The van der Waals surface area contributed by atoms with Crippen LogP contribution < -0.4 is 14.8 Å². The molecule has 0 unspecified atom stereocenters. The van der Waals surface area contributed by atoms with E-state index in [4.69, 9.17) is 9.15 Å². The molecule has 0 atom stereocenters. The van der Waals surface area contributed by atoms with Crippen LogP contribution in [0, 0.1) is 10.1 Å². The Morgan fingerprint density at radius 3 is 2.15 bits per heavy atom. The minimum absolute atomic E-state index is 0.169. The molecule has 33 heavy (non-hydrogen) atoms. The number of amides is 1. The summed E-state index contributed by atoms with van der Waals surface area (Å²) in [5, 5.41) is 13.5. The van der Waals surface area contributed by atoms with Gasteiger partial charge in [0.1, 0.15) is 23.0 Å². The molecule has 0 saturated carbocycles. The van der Waals surface area contributed by atoms with Crippen molar-refractivity contribution in [3.63, 3.8) is 0 Å². The molecule has 1 N–H and O–H groups in total. The number of nitrogens with one attached hydrogen (secondary N) is 1. The molecule has 0 aliphatic carbocycles. The molecule has 0 spiro atoms. The van der Waals surface area contributed by atoms with Crippen LogP contribution in [0.5, 0.6) is 11.5 Å². The summed E-state index contributed by atoms with van der Waals surface area (Å²) in [6.07, 6.45) is -4.76. The van der Waals surface area contributed by atoms with Crippen molar-refractivity contribution in [1.29, 1.82) is 0 Å². The van der Waals surface area contributed by atoms with Crippen LogP contribution in [-0.4, -0.2) is 17.2 Å². The monoisotopic (exact) mass is 464 g/mol. The molecule has 3 aromatic rings. The fourth-order valence-corrected chi connectivity index (χ4v) is 2.89. The number of halogens is 3. The van der Waals surface area contributed by atoms with Crippen molar-refractivity contribution in [3.05, 3.63) is 87.7 Å². The molecule has 3 rings (SSSR count). The number of nitro groups is 1. The van der Waals surface area contributed by atoms with Gasteiger partial charge in [0.05, 0.1) is 11.6 Å². The van der Waals surface area contributed by atoms with Gasteiger partial charge in [-0.3, -0.25) is 14.9 Å². The minimum Gasteiger partial charge on any atom is -0.489 e. The quantitative estimate of drug-likeness (QED) is 0.357. The lowest BCUT2D eigenvalue weighted by Gasteiger charge is -2.26. The molecule has 0 radical (unpaired) electrons. The fraction of sp³-hybridized carbons (Fsp3) is 0.227. The second-order valence-corrected chi connectivity index (χ2v) is 7.48. The van der Waals surface area contributed by atoms with Crippen molar-refractivity contribution < 1.29 is 36.8 Å². The number of carbonyl (C=O) groups excluding carboxylic acids is 1. The Kier molecular flexibility index (Phi) is 6.61. The highest BCUT2D eigenvalue weighted by Gasteiger charge is 2.31. The zero-order valence-electron chi connectivity index (χ0n) is 17.5. The zero-order valence-corrected chi connectivity index (χ0v) is 17.5. The lowest BCUT2D eigenvalue weighted by molar-refractivity contribution is -0.402. The van der Waals surface area contributed by atoms with E-state index in [-0.39, 0.29) is 18.1 Å². The van der Waals surface area contributed by atoms with Crippen LogP contribution in [0.4, 0.5) is 19.1 Å². The second-order valence-electron chi connectivity index (χ2n) is 7.48. The maximum Gasteiger partial charge on any atom is 0.573 e. The van der Waals surface area contributed by atoms with E-state index in [1.54, 1.807) is 38.1 Å². The largest absolute Gasteiger partial charge is 0.573 e. The predicted octanol–water partition coefficient (Wildman–Crippen LogP) is 5.33. The number of carbonyl (C=O) groups is 1. The van der Waals surface area contributed by atoms with Gasteiger partial charge >= 0.3 is 12.2 Å². The van der Waals surface area contributed by atoms with Crippen molar-refractivity contribution in [2.75, 3.05) is 0 Å². The number of hydrogen-bond donors (Lipinski definition) is 1. The molecule has 0 saturated heterocycles. The predicted molar refractivity (Wildman–Crippen MR) is 110 cm³/mol. The van der Waals surface area contributed by atoms with Gasteiger partial charge in [-0.1, -0.05) is 24.3 Å². The Morgan fingerprint density at radius 2 is 1.61 bits per heavy atom. The van der Waals surface area contributed by atoms with Crippen LogP contribution in [0.1, 0.15) is 35.5 Å². The van der Waals surface area contributed by atoms with E-state index >= 15 is 0 Å². The normalized spacial score (nSPS) is 11.7. The first kappa shape index (κ1) is 23.6. The van der Waals surface area contributed by atoms with Gasteiger partial charge in [-0.15, -0.1) is 13.2 Å². The lowest BCUT2D eigenvalue weighted by Crippen LogP contribution is -2.40. The van der Waals surface area contributed by atoms with Crippen LogP contribution in [0.25, 0.3) is 0 Å². The third-order valence-electron chi connectivity index (χ3n) is 4.56. The maximum atomic E-state index is 12.4. The van der Waals surface area contributed by atoms with Crippen molar-refractivity contribution in [3.8, 4) is 11.5 Å². The number of furan rings is 1. The van der Waals surface area contributed by atoms with E-state index in [2.05, 4.69) is 10.1 Å². The highest BCUT2D eigenvalue weighted by molar-refractivity contribution is 5.92. The Morgan fingerprint density at radius 1 is 1.00 bits per heavy atom. The van der Waals surface area contributed by atoms with Crippen molar-refractivity contribution in [2.24, 2.45) is 0 Å². The standard InChI is InChI=1S/C22H19F3N2O6/c1-21(2,26-20(28)18-11-12-19(32-18)27(29)30)15-5-3-14(4-6-15)13-31-16-7-9-17(10-8-16)33-22(23,24)25/h3-12H,13H2,1-2H3,(H,26,28). The summed E-state index contributed by atoms with van der Waals surface area (Å²) >= 11 is 0. The van der Waals surface area contributed by atoms with E-state index in [1.807, 2.05) is 0 Å². The molecule has 11 heteroatoms. The molecule has 0 fully saturated rings. The van der Waals surface area contributed by atoms with Crippen LogP contribution in [0.2, 0.25) is 0 Å². The van der Waals surface area contributed by atoms with Crippen LogP contribution >= 0.6 is 0 Å². The number of hydrogen-bond acceptors (Lipinski definition) is 6. The first-order valence-electron chi connectivity index (χ1n) is 9.58. The third kappa shape index (κ3) is 6.48. The number of nitrogens with zero attached hydrogens (tertiary/aromatic N) is 1. The minimum atomic E-state index is -4.76. The first-order valence-corrected chi connectivity index (χ1v) is 9.58. The second kappa shape index (κ2) is 9.23. The SMILES string of the molecule is CC(C)(NC(=O)c1ccc([N+](=O)[O-])o1)c1ccc(COc2ccc(OC(F)(F)F)cc2)cc1. The summed E-state index contributed by atoms with van der Waals surface area (Å²) < 4.78 is 50.9. The molecular formula is C22H19F3N2O6. The van der Waals surface area contributed by atoms with Crippen LogP contribution in [0.3, 0.4) is 0 Å². The smallest absolute Gasteiger partial charge is 0.489 e. The number of benzene rings is 2. The Balaban J connectivity index is 1.58. The van der Waals surface area contributed by atoms with Gasteiger partial charge in [-0.2, -0.15) is 0 Å². The summed E-state index contributed by atoms with van der Waals surface area (Å²) in [5.41, 5.74) is 0.735. The molecule has 0 aliphatic heterocycles. The number of alkyl halides is 3. The highest BCUT2D eigenvalue weighted by Crippen LogP contribution is 2.26. The molecule has 8 nitrogen and oxygen atoms in total. The van der Waals surface area contributed by atoms with Crippen molar-refractivity contribution in [1.82, 2.24) is 5.32 Å². The molecule has 2 aromatic carbocycles. The molecule has 174 valence electrons. The van der Waals surface area contributed by atoms with Crippen LogP contribution in [-0.2, 0) is 12.1 Å². The maximum absolute atomic E-state index is 12.4. The third-order valence-corrected chi connectivity index (χ3v) is 4.56. The Labute approximate surface area is 186 Å². The van der Waals surface area contributed by atoms with E-state index in [9.17, 15) is 28.1 Å². The van der Waals surface area contributed by atoms with E-state index in [0.717, 1.165) is 29.3 Å². The lowest BCUT2D eigenvalue weighted by atomic mass is 9.93. The van der Waals surface area contributed by atoms with Crippen molar-refractivity contribution in [2.45, 2.75) is 32.4 Å². The van der Waals surface area contributed by atoms with Gasteiger partial charge in [0.2, 0.25) is 0 Å². The van der Waals surface area contributed by atoms with Gasteiger partial charge in [-0.05, 0) is 55.3 Å². The fourth-order valence-electron chi connectivity index (χ4n) is 2.89. The average Bonchev–Trinajstić information content (AvgIpc) is 3.23. The Bertz CT molecular complexity index is 1120. The summed E-state index contributed by atoms with van der Waals surface area (Å²) in [6.45, 7) is 3.69. The van der Waals surface area contributed by atoms with Gasteiger partial charge in [0, 0.05) is 0 Å².